The van der Waals surface area contributed by atoms with E-state index in [-0.39, 0.29) is 22.6 Å². The summed E-state index contributed by atoms with van der Waals surface area (Å²) in [5.74, 6) is -0.585. The molecule has 0 radical (unpaired) electrons. The first-order valence-electron chi connectivity index (χ1n) is 8.93. The van der Waals surface area contributed by atoms with Gasteiger partial charge in [0.25, 0.3) is 0 Å². The Balaban J connectivity index is 1.89. The standard InChI is InChI=1S/C18H29NO4S/c1-5-6-7-14(20)12(2)16(21)19-15-10-13-8-9-18(15,17(13,3)4)11-24(19,22)23/h5,12-15,20H,1,6-11H2,2-4H3/t12-,13?,14-,15?,18?/m1/s1. The van der Waals surface area contributed by atoms with E-state index in [0.29, 0.717) is 18.8 Å². The van der Waals surface area contributed by atoms with Crippen LogP contribution in [0.4, 0.5) is 0 Å². The van der Waals surface area contributed by atoms with E-state index in [1.54, 1.807) is 13.0 Å². The fourth-order valence-electron chi connectivity index (χ4n) is 5.48. The number of fused-ring (bicyclic) bond motifs is 1. The molecule has 1 heterocycles. The van der Waals surface area contributed by atoms with Gasteiger partial charge in [-0.1, -0.05) is 26.8 Å². The van der Waals surface area contributed by atoms with Gasteiger partial charge in [0.1, 0.15) is 0 Å². The van der Waals surface area contributed by atoms with Crippen LogP contribution in [-0.4, -0.2) is 41.6 Å². The van der Waals surface area contributed by atoms with Crippen molar-refractivity contribution < 1.29 is 18.3 Å². The van der Waals surface area contributed by atoms with Crippen molar-refractivity contribution in [3.05, 3.63) is 12.7 Å². The Bertz CT molecular complexity index is 656. The molecular formula is C18H29NO4S. The second kappa shape index (κ2) is 5.56. The minimum atomic E-state index is -3.61. The second-order valence-corrected chi connectivity index (χ2v) is 10.3. The molecule has 3 rings (SSSR count). The van der Waals surface area contributed by atoms with Gasteiger partial charge in [0.2, 0.25) is 15.9 Å². The van der Waals surface area contributed by atoms with Crippen LogP contribution in [0.15, 0.2) is 12.7 Å². The Morgan fingerprint density at radius 2 is 2.12 bits per heavy atom. The number of nitrogens with zero attached hydrogens (tertiary/aromatic N) is 1. The monoisotopic (exact) mass is 355 g/mol. The van der Waals surface area contributed by atoms with Gasteiger partial charge in [0, 0.05) is 5.41 Å². The lowest BCUT2D eigenvalue weighted by Gasteiger charge is -2.37. The Hall–Kier alpha value is -0.880. The third kappa shape index (κ3) is 2.22. The van der Waals surface area contributed by atoms with Crippen LogP contribution in [0.25, 0.3) is 0 Å². The molecule has 1 saturated heterocycles. The molecule has 5 nitrogen and oxygen atoms in total. The summed E-state index contributed by atoms with van der Waals surface area (Å²) in [4.78, 5) is 13.0. The van der Waals surface area contributed by atoms with Crippen LogP contribution in [0.1, 0.15) is 52.9 Å². The zero-order valence-corrected chi connectivity index (χ0v) is 15.7. The maximum Gasteiger partial charge on any atom is 0.241 e. The van der Waals surface area contributed by atoms with Crippen molar-refractivity contribution >= 4 is 15.9 Å². The lowest BCUT2D eigenvalue weighted by molar-refractivity contribution is -0.136. The van der Waals surface area contributed by atoms with E-state index in [1.165, 1.54) is 0 Å². The smallest absolute Gasteiger partial charge is 0.241 e. The minimum absolute atomic E-state index is 0.0511. The first kappa shape index (κ1) is 17.9. The second-order valence-electron chi connectivity index (χ2n) is 8.48. The predicted molar refractivity (Wildman–Crippen MR) is 92.6 cm³/mol. The van der Waals surface area contributed by atoms with Gasteiger partial charge in [0.05, 0.1) is 23.8 Å². The van der Waals surface area contributed by atoms with E-state index in [2.05, 4.69) is 20.4 Å². The molecule has 0 aromatic rings. The van der Waals surface area contributed by atoms with E-state index in [0.717, 1.165) is 23.6 Å². The zero-order chi connectivity index (χ0) is 17.9. The van der Waals surface area contributed by atoms with Gasteiger partial charge < -0.3 is 5.11 Å². The molecule has 2 saturated carbocycles. The summed E-state index contributed by atoms with van der Waals surface area (Å²) in [5.41, 5.74) is -0.359. The molecule has 3 fully saturated rings. The number of carbonyl (C=O) groups is 1. The molecule has 3 unspecified atom stereocenters. The maximum absolute atomic E-state index is 13.0. The van der Waals surface area contributed by atoms with Crippen LogP contribution in [-0.2, 0) is 14.8 Å². The molecular weight excluding hydrogens is 326 g/mol. The first-order valence-corrected chi connectivity index (χ1v) is 10.5. The average Bonchev–Trinajstić information content (AvgIpc) is 2.98. The molecule has 1 spiro atoms. The highest BCUT2D eigenvalue weighted by atomic mass is 32.2. The van der Waals surface area contributed by atoms with Crippen LogP contribution in [0.3, 0.4) is 0 Å². The Morgan fingerprint density at radius 1 is 1.46 bits per heavy atom. The van der Waals surface area contributed by atoms with Gasteiger partial charge in [-0.25, -0.2) is 12.7 Å². The van der Waals surface area contributed by atoms with Gasteiger partial charge in [-0.05, 0) is 43.4 Å². The molecule has 2 aliphatic carbocycles. The van der Waals surface area contributed by atoms with Crippen molar-refractivity contribution in [2.24, 2.45) is 22.7 Å². The van der Waals surface area contributed by atoms with Gasteiger partial charge in [0.15, 0.2) is 0 Å². The van der Waals surface area contributed by atoms with E-state index in [1.807, 2.05) is 0 Å². The van der Waals surface area contributed by atoms with Crippen LogP contribution in [0.5, 0.6) is 0 Å². The number of rotatable bonds is 5. The van der Waals surface area contributed by atoms with Crippen molar-refractivity contribution in [2.45, 2.75) is 65.0 Å². The molecule has 5 atom stereocenters. The summed E-state index contributed by atoms with van der Waals surface area (Å²) < 4.78 is 26.8. The van der Waals surface area contributed by atoms with Crippen molar-refractivity contribution in [3.63, 3.8) is 0 Å². The Labute approximate surface area is 145 Å². The maximum atomic E-state index is 13.0. The van der Waals surface area contributed by atoms with E-state index in [9.17, 15) is 18.3 Å². The molecule has 0 aromatic carbocycles. The summed E-state index contributed by atoms with van der Waals surface area (Å²) in [7, 11) is -3.61. The summed E-state index contributed by atoms with van der Waals surface area (Å²) in [6.45, 7) is 9.58. The van der Waals surface area contributed by atoms with Crippen LogP contribution in [0, 0.1) is 22.7 Å². The quantitative estimate of drug-likeness (QED) is 0.768. The molecule has 1 aliphatic heterocycles. The van der Waals surface area contributed by atoms with Crippen LogP contribution >= 0.6 is 0 Å². The molecule has 0 aromatic heterocycles. The summed E-state index contributed by atoms with van der Waals surface area (Å²) in [5, 5.41) is 10.2. The number of carbonyl (C=O) groups excluding carboxylic acids is 1. The summed E-state index contributed by atoms with van der Waals surface area (Å²) in [6, 6.07) is -0.224. The van der Waals surface area contributed by atoms with E-state index >= 15 is 0 Å². The van der Waals surface area contributed by atoms with Gasteiger partial charge in [-0.3, -0.25) is 4.79 Å². The average molecular weight is 356 g/mol. The number of allylic oxidation sites excluding steroid dienone is 1. The molecule has 6 heteroatoms. The van der Waals surface area contributed by atoms with E-state index in [4.69, 9.17) is 0 Å². The minimum Gasteiger partial charge on any atom is -0.392 e. The molecule has 2 bridgehead atoms. The number of aliphatic hydroxyl groups is 1. The van der Waals surface area contributed by atoms with Crippen molar-refractivity contribution in [3.8, 4) is 0 Å². The first-order chi connectivity index (χ1) is 11.1. The zero-order valence-electron chi connectivity index (χ0n) is 14.9. The highest BCUT2D eigenvalue weighted by molar-refractivity contribution is 7.90. The summed E-state index contributed by atoms with van der Waals surface area (Å²) in [6.07, 6.45) is 4.59. The van der Waals surface area contributed by atoms with Crippen molar-refractivity contribution in [1.82, 2.24) is 4.31 Å². The highest BCUT2D eigenvalue weighted by Gasteiger charge is 2.72. The SMILES string of the molecule is C=CCC[C@@H](O)[C@@H](C)C(=O)N1C2CC3CCC2(CS1(=O)=O)C3(C)C. The van der Waals surface area contributed by atoms with E-state index < -0.39 is 28.0 Å². The Morgan fingerprint density at radius 3 is 2.71 bits per heavy atom. The lowest BCUT2D eigenvalue weighted by Crippen LogP contribution is -2.47. The highest BCUT2D eigenvalue weighted by Crippen LogP contribution is 2.70. The number of hydrogen-bond acceptors (Lipinski definition) is 4. The largest absolute Gasteiger partial charge is 0.392 e. The topological polar surface area (TPSA) is 74.7 Å². The fourth-order valence-corrected chi connectivity index (χ4v) is 8.10. The molecule has 1 N–H and O–H groups in total. The van der Waals surface area contributed by atoms with Gasteiger partial charge in [-0.2, -0.15) is 0 Å². The number of aliphatic hydroxyl groups excluding tert-OH is 1. The molecule has 136 valence electrons. The number of hydrogen-bond donors (Lipinski definition) is 1. The fraction of sp³-hybridized carbons (Fsp3) is 0.833. The predicted octanol–water partition coefficient (Wildman–Crippen LogP) is 2.32. The van der Waals surface area contributed by atoms with Crippen molar-refractivity contribution in [1.29, 1.82) is 0 Å². The molecule has 3 aliphatic rings. The third-order valence-electron chi connectivity index (χ3n) is 7.26. The molecule has 1 amide bonds. The lowest BCUT2D eigenvalue weighted by atomic mass is 9.69. The Kier molecular flexibility index (Phi) is 4.15. The van der Waals surface area contributed by atoms with Gasteiger partial charge in [-0.15, -0.1) is 6.58 Å². The van der Waals surface area contributed by atoms with Crippen LogP contribution in [0.2, 0.25) is 0 Å². The van der Waals surface area contributed by atoms with Crippen molar-refractivity contribution in [2.75, 3.05) is 5.75 Å². The summed E-state index contributed by atoms with van der Waals surface area (Å²) >= 11 is 0. The van der Waals surface area contributed by atoms with Crippen LogP contribution < -0.4 is 0 Å². The normalized spacial score (nSPS) is 37.9. The molecule has 24 heavy (non-hydrogen) atoms. The number of amides is 1. The number of sulfonamides is 1. The van der Waals surface area contributed by atoms with Gasteiger partial charge >= 0.3 is 0 Å². The third-order valence-corrected chi connectivity index (χ3v) is 9.18.